The quantitative estimate of drug-likeness (QED) is 0.493. The minimum atomic E-state index is -0.971. The van der Waals surface area contributed by atoms with Gasteiger partial charge >= 0.3 is 5.97 Å². The smallest absolute Gasteiger partial charge is 0.332 e. The lowest BCUT2D eigenvalue weighted by Gasteiger charge is -2.03. The molecule has 0 saturated carbocycles. The maximum Gasteiger partial charge on any atom is 0.332 e. The third-order valence-electron chi connectivity index (χ3n) is 1.97. The van der Waals surface area contributed by atoms with Crippen molar-refractivity contribution < 1.29 is 9.90 Å². The van der Waals surface area contributed by atoms with Crippen molar-refractivity contribution in [2.45, 2.75) is 6.42 Å². The molecule has 2 N–H and O–H groups in total. The van der Waals surface area contributed by atoms with Crippen LogP contribution in [-0.4, -0.2) is 38.9 Å². The molecule has 0 fully saturated rings. The highest BCUT2D eigenvalue weighted by molar-refractivity contribution is 5.86. The van der Waals surface area contributed by atoms with Crippen LogP contribution in [0.25, 0.3) is 0 Å². The van der Waals surface area contributed by atoms with E-state index in [0.29, 0.717) is 13.0 Å². The first kappa shape index (κ1) is 11.4. The van der Waals surface area contributed by atoms with Crippen LogP contribution in [0, 0.1) is 0 Å². The highest BCUT2D eigenvalue weighted by Gasteiger charge is 2.03. The Morgan fingerprint density at radius 2 is 2.47 bits per heavy atom. The number of nitrogens with one attached hydrogen (secondary N) is 1. The summed E-state index contributed by atoms with van der Waals surface area (Å²) in [5.74, 6) is -0.107. The molecule has 1 aromatic rings. The van der Waals surface area contributed by atoms with Crippen molar-refractivity contribution in [1.29, 1.82) is 0 Å². The van der Waals surface area contributed by atoms with Gasteiger partial charge in [0.05, 0.1) is 0 Å². The van der Waals surface area contributed by atoms with Gasteiger partial charge in [0.15, 0.2) is 0 Å². The molecule has 1 heterocycles. The fraction of sp³-hybridized carbons (Fsp3) is 0.444. The lowest BCUT2D eigenvalue weighted by atomic mass is 10.3. The highest BCUT2D eigenvalue weighted by atomic mass is 16.4. The molecule has 0 atom stereocenters. The van der Waals surface area contributed by atoms with E-state index in [4.69, 9.17) is 5.11 Å². The third-order valence-corrected chi connectivity index (χ3v) is 1.97. The van der Waals surface area contributed by atoms with Gasteiger partial charge in [0.25, 0.3) is 0 Å². The van der Waals surface area contributed by atoms with Crippen molar-refractivity contribution in [2.75, 3.05) is 13.1 Å². The second kappa shape index (κ2) is 5.26. The Balaban J connectivity index is 2.20. The van der Waals surface area contributed by atoms with Crippen molar-refractivity contribution in [1.82, 2.24) is 20.1 Å². The molecule has 15 heavy (non-hydrogen) atoms. The van der Waals surface area contributed by atoms with E-state index < -0.39 is 5.97 Å². The Morgan fingerprint density at radius 3 is 3.00 bits per heavy atom. The first-order valence-electron chi connectivity index (χ1n) is 4.56. The first-order chi connectivity index (χ1) is 7.11. The number of hydrogen-bond donors (Lipinski definition) is 2. The molecule has 0 amide bonds. The summed E-state index contributed by atoms with van der Waals surface area (Å²) in [5, 5.41) is 19.2. The van der Waals surface area contributed by atoms with Crippen LogP contribution >= 0.6 is 0 Å². The molecule has 0 saturated heterocycles. The third kappa shape index (κ3) is 3.51. The van der Waals surface area contributed by atoms with Crippen molar-refractivity contribution in [3.63, 3.8) is 0 Å². The van der Waals surface area contributed by atoms with E-state index in [9.17, 15) is 4.79 Å². The van der Waals surface area contributed by atoms with E-state index in [1.54, 1.807) is 6.33 Å². The lowest BCUT2D eigenvalue weighted by Crippen LogP contribution is -2.23. The van der Waals surface area contributed by atoms with Crippen molar-refractivity contribution in [3.8, 4) is 0 Å². The summed E-state index contributed by atoms with van der Waals surface area (Å²) >= 11 is 0. The van der Waals surface area contributed by atoms with Gasteiger partial charge in [0, 0.05) is 32.1 Å². The van der Waals surface area contributed by atoms with E-state index in [2.05, 4.69) is 22.1 Å². The second-order valence-electron chi connectivity index (χ2n) is 3.19. The predicted octanol–water partition coefficient (Wildman–Crippen LogP) is -0.412. The molecule has 82 valence electrons. The van der Waals surface area contributed by atoms with Gasteiger partial charge in [0.2, 0.25) is 0 Å². The fourth-order valence-corrected chi connectivity index (χ4v) is 1.05. The largest absolute Gasteiger partial charge is 0.478 e. The van der Waals surface area contributed by atoms with Crippen molar-refractivity contribution in [2.24, 2.45) is 7.05 Å². The summed E-state index contributed by atoms with van der Waals surface area (Å²) in [6.45, 7) is 4.35. The molecule has 6 nitrogen and oxygen atoms in total. The zero-order valence-corrected chi connectivity index (χ0v) is 8.60. The molecule has 0 aromatic carbocycles. The van der Waals surface area contributed by atoms with E-state index in [-0.39, 0.29) is 12.1 Å². The van der Waals surface area contributed by atoms with Gasteiger partial charge in [-0.2, -0.15) is 0 Å². The number of carboxylic acid groups (broad SMARTS) is 1. The maximum absolute atomic E-state index is 10.4. The Labute approximate surface area is 87.6 Å². The Morgan fingerprint density at radius 1 is 1.73 bits per heavy atom. The van der Waals surface area contributed by atoms with Gasteiger partial charge in [-0.1, -0.05) is 6.58 Å². The standard InChI is InChI=1S/C9H14N4O2/c1-7(9(14)15)5-10-4-3-8-12-11-6-13(8)2/h6,10H,1,3-5H2,2H3,(H,14,15). The summed E-state index contributed by atoms with van der Waals surface area (Å²) in [7, 11) is 1.87. The van der Waals surface area contributed by atoms with Gasteiger partial charge in [-0.15, -0.1) is 10.2 Å². The van der Waals surface area contributed by atoms with Crippen LogP contribution in [0.4, 0.5) is 0 Å². The number of aryl methyl sites for hydroxylation is 1. The summed E-state index contributed by atoms with van der Waals surface area (Å²) in [4.78, 5) is 10.4. The van der Waals surface area contributed by atoms with Crippen LogP contribution in [0.5, 0.6) is 0 Å². The molecule has 6 heteroatoms. The van der Waals surface area contributed by atoms with Crippen LogP contribution < -0.4 is 5.32 Å². The van der Waals surface area contributed by atoms with E-state index in [1.807, 2.05) is 11.6 Å². The van der Waals surface area contributed by atoms with Crippen LogP contribution in [0.2, 0.25) is 0 Å². The molecular weight excluding hydrogens is 196 g/mol. The van der Waals surface area contributed by atoms with Crippen LogP contribution in [-0.2, 0) is 18.3 Å². The predicted molar refractivity (Wildman–Crippen MR) is 54.4 cm³/mol. The minimum Gasteiger partial charge on any atom is -0.478 e. The maximum atomic E-state index is 10.4. The van der Waals surface area contributed by atoms with Crippen molar-refractivity contribution in [3.05, 3.63) is 24.3 Å². The average molecular weight is 210 g/mol. The second-order valence-corrected chi connectivity index (χ2v) is 3.19. The number of carbonyl (C=O) groups is 1. The molecule has 1 aromatic heterocycles. The Kier molecular flexibility index (Phi) is 3.99. The molecule has 0 radical (unpaired) electrons. The highest BCUT2D eigenvalue weighted by Crippen LogP contribution is 1.92. The van der Waals surface area contributed by atoms with Gasteiger partial charge in [0.1, 0.15) is 12.2 Å². The van der Waals surface area contributed by atoms with Gasteiger partial charge in [-0.25, -0.2) is 4.79 Å². The number of carboxylic acids is 1. The first-order valence-corrected chi connectivity index (χ1v) is 4.56. The summed E-state index contributed by atoms with van der Waals surface area (Å²) in [6.07, 6.45) is 2.34. The van der Waals surface area contributed by atoms with Crippen LogP contribution in [0.15, 0.2) is 18.5 Å². The summed E-state index contributed by atoms with van der Waals surface area (Å²) in [5.41, 5.74) is 0.160. The van der Waals surface area contributed by atoms with Gasteiger partial charge in [-0.05, 0) is 0 Å². The molecule has 0 aliphatic rings. The Bertz CT molecular complexity index is 359. The van der Waals surface area contributed by atoms with Gasteiger partial charge < -0.3 is 15.0 Å². The zero-order valence-electron chi connectivity index (χ0n) is 8.60. The lowest BCUT2D eigenvalue weighted by molar-refractivity contribution is -0.132. The molecule has 0 unspecified atom stereocenters. The summed E-state index contributed by atoms with van der Waals surface area (Å²) in [6, 6.07) is 0. The van der Waals surface area contributed by atoms with Crippen molar-refractivity contribution >= 4 is 5.97 Å². The molecule has 0 spiro atoms. The number of rotatable bonds is 6. The number of aliphatic carboxylic acids is 1. The molecule has 0 bridgehead atoms. The van der Waals surface area contributed by atoms with E-state index >= 15 is 0 Å². The normalized spacial score (nSPS) is 10.2. The average Bonchev–Trinajstić information content (AvgIpc) is 2.58. The SMILES string of the molecule is C=C(CNCCc1nncn1C)C(=O)O. The van der Waals surface area contributed by atoms with Gasteiger partial charge in [-0.3, -0.25) is 0 Å². The topological polar surface area (TPSA) is 80.0 Å². The number of nitrogens with zero attached hydrogens (tertiary/aromatic N) is 3. The van der Waals surface area contributed by atoms with Crippen LogP contribution in [0.1, 0.15) is 5.82 Å². The molecule has 0 aliphatic carbocycles. The monoisotopic (exact) mass is 210 g/mol. The molecular formula is C9H14N4O2. The Hall–Kier alpha value is -1.69. The van der Waals surface area contributed by atoms with E-state index in [1.165, 1.54) is 0 Å². The molecule has 1 rings (SSSR count). The fourth-order valence-electron chi connectivity index (χ4n) is 1.05. The minimum absolute atomic E-state index is 0.160. The molecule has 0 aliphatic heterocycles. The zero-order chi connectivity index (χ0) is 11.3. The van der Waals surface area contributed by atoms with E-state index in [0.717, 1.165) is 5.82 Å². The van der Waals surface area contributed by atoms with Crippen LogP contribution in [0.3, 0.4) is 0 Å². The number of hydrogen-bond acceptors (Lipinski definition) is 4. The number of aromatic nitrogens is 3. The summed E-state index contributed by atoms with van der Waals surface area (Å²) < 4.78 is 1.83.